The van der Waals surface area contributed by atoms with Gasteiger partial charge in [0.25, 0.3) is 0 Å². The van der Waals surface area contributed by atoms with Crippen LogP contribution in [0.25, 0.3) is 5.70 Å². The molecule has 0 atom stereocenters. The van der Waals surface area contributed by atoms with Crippen molar-refractivity contribution in [2.75, 3.05) is 5.32 Å². The van der Waals surface area contributed by atoms with E-state index in [4.69, 9.17) is 11.6 Å². The van der Waals surface area contributed by atoms with Gasteiger partial charge in [-0.05, 0) is 30.3 Å². The second-order valence-corrected chi connectivity index (χ2v) is 6.41. The van der Waals surface area contributed by atoms with Crippen LogP contribution in [0.5, 0.6) is 0 Å². The first-order chi connectivity index (χ1) is 11.7. The number of hydrogen-bond acceptors (Lipinski definition) is 4. The SMILES string of the molecule is C=C(NNC(=O)C(=O)Nc1cccc(C(F)(F)F)c1)c1ccc(Cl)s1. The van der Waals surface area contributed by atoms with Crippen LogP contribution >= 0.6 is 22.9 Å². The molecular weight excluding hydrogens is 379 g/mol. The van der Waals surface area contributed by atoms with Gasteiger partial charge in [0.2, 0.25) is 0 Å². The molecule has 2 amide bonds. The molecule has 0 bridgehead atoms. The first-order valence-corrected chi connectivity index (χ1v) is 7.85. The summed E-state index contributed by atoms with van der Waals surface area (Å²) in [6, 6.07) is 7.24. The number of rotatable bonds is 4. The third kappa shape index (κ3) is 5.23. The van der Waals surface area contributed by atoms with Gasteiger partial charge < -0.3 is 5.32 Å². The molecule has 0 aliphatic rings. The van der Waals surface area contributed by atoms with Crippen LogP contribution in [0.15, 0.2) is 43.0 Å². The summed E-state index contributed by atoms with van der Waals surface area (Å²) in [5.41, 5.74) is 3.74. The van der Waals surface area contributed by atoms with Crippen molar-refractivity contribution >= 4 is 46.1 Å². The highest BCUT2D eigenvalue weighted by Crippen LogP contribution is 2.30. The number of hydrogen-bond donors (Lipinski definition) is 3. The zero-order valence-electron chi connectivity index (χ0n) is 12.4. The first kappa shape index (κ1) is 18.8. The lowest BCUT2D eigenvalue weighted by atomic mass is 10.2. The molecule has 0 aliphatic heterocycles. The Hall–Kier alpha value is -2.52. The molecular formula is C15H11ClF3N3O2S. The predicted octanol–water partition coefficient (Wildman–Crippen LogP) is 3.65. The van der Waals surface area contributed by atoms with Crippen LogP contribution in [0.3, 0.4) is 0 Å². The Morgan fingerprint density at radius 1 is 1.08 bits per heavy atom. The number of thiophene rings is 1. The molecule has 2 aromatic rings. The minimum absolute atomic E-state index is 0.154. The third-order valence-corrected chi connectivity index (χ3v) is 4.14. The van der Waals surface area contributed by atoms with Gasteiger partial charge in [-0.15, -0.1) is 11.3 Å². The number of carbonyl (C=O) groups excluding carboxylic acids is 2. The van der Waals surface area contributed by atoms with Gasteiger partial charge >= 0.3 is 18.0 Å². The molecule has 1 heterocycles. The first-order valence-electron chi connectivity index (χ1n) is 6.66. The Morgan fingerprint density at radius 2 is 1.80 bits per heavy atom. The van der Waals surface area contributed by atoms with Gasteiger partial charge in [-0.25, -0.2) is 0 Å². The Balaban J connectivity index is 1.92. The van der Waals surface area contributed by atoms with Crippen molar-refractivity contribution in [1.29, 1.82) is 0 Å². The van der Waals surface area contributed by atoms with Crippen molar-refractivity contribution in [3.8, 4) is 0 Å². The van der Waals surface area contributed by atoms with Crippen molar-refractivity contribution in [1.82, 2.24) is 10.9 Å². The second kappa shape index (κ2) is 7.58. The smallest absolute Gasteiger partial charge is 0.318 e. The third-order valence-electron chi connectivity index (χ3n) is 2.85. The predicted molar refractivity (Wildman–Crippen MR) is 89.7 cm³/mol. The van der Waals surface area contributed by atoms with Gasteiger partial charge in [-0.2, -0.15) is 13.2 Å². The van der Waals surface area contributed by atoms with E-state index in [0.29, 0.717) is 14.9 Å². The van der Waals surface area contributed by atoms with E-state index in [1.54, 1.807) is 12.1 Å². The summed E-state index contributed by atoms with van der Waals surface area (Å²) in [5.74, 6) is -2.23. The minimum atomic E-state index is -4.55. The Kier molecular flexibility index (Phi) is 5.70. The van der Waals surface area contributed by atoms with Crippen LogP contribution in [0.1, 0.15) is 10.4 Å². The lowest BCUT2D eigenvalue weighted by molar-refractivity contribution is -0.137. The summed E-state index contributed by atoms with van der Waals surface area (Å²) in [5, 5.41) is 2.08. The molecule has 0 saturated heterocycles. The molecule has 0 spiro atoms. The Labute approximate surface area is 149 Å². The van der Waals surface area contributed by atoms with E-state index in [2.05, 4.69) is 22.7 Å². The van der Waals surface area contributed by atoms with Gasteiger partial charge in [0.1, 0.15) is 0 Å². The van der Waals surface area contributed by atoms with Gasteiger partial charge in [0.05, 0.1) is 20.5 Å². The fourth-order valence-corrected chi connectivity index (χ4v) is 2.66. The molecule has 2 rings (SSSR count). The minimum Gasteiger partial charge on any atom is -0.318 e. The molecule has 0 saturated carbocycles. The maximum Gasteiger partial charge on any atom is 0.416 e. The fourth-order valence-electron chi connectivity index (χ4n) is 1.69. The van der Waals surface area contributed by atoms with Gasteiger partial charge in [-0.3, -0.25) is 20.4 Å². The highest BCUT2D eigenvalue weighted by molar-refractivity contribution is 7.17. The van der Waals surface area contributed by atoms with Crippen molar-refractivity contribution in [3.05, 3.63) is 57.8 Å². The van der Waals surface area contributed by atoms with Crippen LogP contribution in [0, 0.1) is 0 Å². The molecule has 0 fully saturated rings. The number of halogens is 4. The topological polar surface area (TPSA) is 70.2 Å². The quantitative estimate of drug-likeness (QED) is 0.552. The van der Waals surface area contributed by atoms with E-state index < -0.39 is 23.6 Å². The van der Waals surface area contributed by atoms with Gasteiger partial charge in [0, 0.05) is 5.69 Å². The number of hydrazine groups is 1. The standard InChI is InChI=1S/C15H11ClF3N3O2S/c1-8(11-5-6-12(16)25-11)21-22-14(24)13(23)20-10-4-2-3-9(7-10)15(17,18)19/h2-7,21H,1H2,(H,20,23)(H,22,24). The summed E-state index contributed by atoms with van der Waals surface area (Å²) in [6.07, 6.45) is -4.55. The highest BCUT2D eigenvalue weighted by atomic mass is 35.5. The zero-order valence-corrected chi connectivity index (χ0v) is 14.0. The Bertz CT molecular complexity index is 820. The maximum atomic E-state index is 12.6. The van der Waals surface area contributed by atoms with Gasteiger partial charge in [-0.1, -0.05) is 24.2 Å². The summed E-state index contributed by atoms with van der Waals surface area (Å²) in [6.45, 7) is 3.66. The normalized spacial score (nSPS) is 10.9. The fraction of sp³-hybridized carbons (Fsp3) is 0.0667. The number of nitrogens with one attached hydrogen (secondary N) is 3. The second-order valence-electron chi connectivity index (χ2n) is 4.69. The van der Waals surface area contributed by atoms with Gasteiger partial charge in [0.15, 0.2) is 0 Å². The summed E-state index contributed by atoms with van der Waals surface area (Å²) < 4.78 is 38.4. The number of carbonyl (C=O) groups is 2. The van der Waals surface area contributed by atoms with Crippen LogP contribution in [-0.4, -0.2) is 11.8 Å². The maximum absolute atomic E-state index is 12.6. The van der Waals surface area contributed by atoms with Crippen molar-refractivity contribution in [2.24, 2.45) is 0 Å². The molecule has 132 valence electrons. The van der Waals surface area contributed by atoms with E-state index in [-0.39, 0.29) is 5.69 Å². The molecule has 0 aliphatic carbocycles. The zero-order chi connectivity index (χ0) is 18.6. The van der Waals surface area contributed by atoms with E-state index in [1.165, 1.54) is 17.4 Å². The summed E-state index contributed by atoms with van der Waals surface area (Å²) >= 11 is 6.98. The average Bonchev–Trinajstić information content (AvgIpc) is 2.98. The molecule has 0 unspecified atom stereocenters. The van der Waals surface area contributed by atoms with Crippen LogP contribution in [-0.2, 0) is 15.8 Å². The molecule has 1 aromatic heterocycles. The van der Waals surface area contributed by atoms with E-state index >= 15 is 0 Å². The highest BCUT2D eigenvalue weighted by Gasteiger charge is 2.30. The molecule has 3 N–H and O–H groups in total. The number of anilines is 1. The van der Waals surface area contributed by atoms with E-state index in [9.17, 15) is 22.8 Å². The summed E-state index contributed by atoms with van der Waals surface area (Å²) in [7, 11) is 0. The molecule has 25 heavy (non-hydrogen) atoms. The number of alkyl halides is 3. The molecule has 1 aromatic carbocycles. The van der Waals surface area contributed by atoms with E-state index in [0.717, 1.165) is 18.2 Å². The van der Waals surface area contributed by atoms with Crippen LogP contribution < -0.4 is 16.2 Å². The molecule has 0 radical (unpaired) electrons. The summed E-state index contributed by atoms with van der Waals surface area (Å²) in [4.78, 5) is 24.1. The van der Waals surface area contributed by atoms with Crippen molar-refractivity contribution in [3.63, 3.8) is 0 Å². The average molecular weight is 390 g/mol. The lowest BCUT2D eigenvalue weighted by Crippen LogP contribution is -2.42. The van der Waals surface area contributed by atoms with Crippen molar-refractivity contribution in [2.45, 2.75) is 6.18 Å². The largest absolute Gasteiger partial charge is 0.416 e. The monoisotopic (exact) mass is 389 g/mol. The Morgan fingerprint density at radius 3 is 2.40 bits per heavy atom. The van der Waals surface area contributed by atoms with Crippen molar-refractivity contribution < 1.29 is 22.8 Å². The number of benzene rings is 1. The lowest BCUT2D eigenvalue weighted by Gasteiger charge is -2.11. The molecule has 10 heteroatoms. The van der Waals surface area contributed by atoms with Crippen LogP contribution in [0.4, 0.5) is 18.9 Å². The van der Waals surface area contributed by atoms with E-state index in [1.807, 2.05) is 0 Å². The van der Waals surface area contributed by atoms with Crippen LogP contribution in [0.2, 0.25) is 4.34 Å². The molecule has 5 nitrogen and oxygen atoms in total. The number of amides is 2.